The molecule has 154 valence electrons. The minimum atomic E-state index is -0.819. The minimum Gasteiger partial charge on any atom is -0.388 e. The van der Waals surface area contributed by atoms with Gasteiger partial charge in [-0.05, 0) is 38.2 Å². The van der Waals surface area contributed by atoms with Gasteiger partial charge in [-0.25, -0.2) is 0 Å². The largest absolute Gasteiger partial charge is 0.388 e. The van der Waals surface area contributed by atoms with Crippen LogP contribution in [-0.4, -0.2) is 76.1 Å². The molecule has 1 aromatic rings. The number of rotatable bonds is 4. The van der Waals surface area contributed by atoms with Gasteiger partial charge in [-0.15, -0.1) is 0 Å². The van der Waals surface area contributed by atoms with Crippen molar-refractivity contribution in [1.82, 2.24) is 20.1 Å². The van der Waals surface area contributed by atoms with E-state index in [0.717, 1.165) is 32.4 Å². The first-order chi connectivity index (χ1) is 13.3. The first-order valence-electron chi connectivity index (χ1n) is 10.1. The number of hydrogen-bond acceptors (Lipinski definition) is 5. The first-order valence-corrected chi connectivity index (χ1v) is 10.1. The molecule has 0 bridgehead atoms. The maximum absolute atomic E-state index is 12.7. The number of carbonyl (C=O) groups is 2. The van der Waals surface area contributed by atoms with Crippen LogP contribution in [0.2, 0.25) is 0 Å². The summed E-state index contributed by atoms with van der Waals surface area (Å²) in [5.74, 6) is -0.191. The van der Waals surface area contributed by atoms with E-state index < -0.39 is 5.60 Å². The van der Waals surface area contributed by atoms with Crippen molar-refractivity contribution < 1.29 is 14.7 Å². The van der Waals surface area contributed by atoms with Crippen molar-refractivity contribution in [3.8, 4) is 0 Å². The molecule has 1 aromatic heterocycles. The van der Waals surface area contributed by atoms with Crippen molar-refractivity contribution in [2.75, 3.05) is 32.7 Å². The lowest BCUT2D eigenvalue weighted by Gasteiger charge is -2.38. The Balaban J connectivity index is 1.53. The zero-order valence-corrected chi connectivity index (χ0v) is 16.4. The van der Waals surface area contributed by atoms with Gasteiger partial charge in [0.15, 0.2) is 0 Å². The molecule has 3 N–H and O–H groups in total. The van der Waals surface area contributed by atoms with Gasteiger partial charge in [-0.2, -0.15) is 0 Å². The molecule has 0 unspecified atom stereocenters. The first kappa shape index (κ1) is 20.5. The predicted octanol–water partition coefficient (Wildman–Crippen LogP) is 0.333. The van der Waals surface area contributed by atoms with Crippen LogP contribution >= 0.6 is 0 Å². The van der Waals surface area contributed by atoms with Crippen molar-refractivity contribution >= 4 is 11.8 Å². The van der Waals surface area contributed by atoms with Gasteiger partial charge in [0.2, 0.25) is 11.5 Å². The Labute approximate surface area is 164 Å². The number of nitrogens with zero attached hydrogens (tertiary/aromatic N) is 2. The van der Waals surface area contributed by atoms with Crippen LogP contribution in [-0.2, 0) is 4.79 Å². The van der Waals surface area contributed by atoms with Gasteiger partial charge in [-0.1, -0.05) is 6.07 Å². The molecule has 1 atom stereocenters. The fourth-order valence-corrected chi connectivity index (χ4v) is 4.22. The molecule has 3 rings (SSSR count). The van der Waals surface area contributed by atoms with E-state index >= 15 is 0 Å². The Kier molecular flexibility index (Phi) is 6.51. The topological polar surface area (TPSA) is 106 Å². The average molecular weight is 390 g/mol. The highest BCUT2D eigenvalue weighted by molar-refractivity contribution is 5.92. The molecule has 0 aliphatic carbocycles. The van der Waals surface area contributed by atoms with Crippen molar-refractivity contribution in [2.45, 2.75) is 50.7 Å². The number of likely N-dealkylation sites (tertiary alicyclic amines) is 2. The monoisotopic (exact) mass is 390 g/mol. The zero-order chi connectivity index (χ0) is 20.1. The van der Waals surface area contributed by atoms with Gasteiger partial charge < -0.3 is 25.2 Å². The van der Waals surface area contributed by atoms with E-state index in [1.165, 1.54) is 6.07 Å². The fraction of sp³-hybridized carbons (Fsp3) is 0.650. The molecular formula is C20H30N4O4. The van der Waals surface area contributed by atoms with Gasteiger partial charge in [0, 0.05) is 51.8 Å². The van der Waals surface area contributed by atoms with Crippen LogP contribution in [0.4, 0.5) is 0 Å². The van der Waals surface area contributed by atoms with Gasteiger partial charge in [0.1, 0.15) is 5.69 Å². The smallest absolute Gasteiger partial charge is 0.270 e. The molecule has 2 aliphatic rings. The quantitative estimate of drug-likeness (QED) is 0.687. The van der Waals surface area contributed by atoms with Gasteiger partial charge in [-0.3, -0.25) is 14.4 Å². The van der Waals surface area contributed by atoms with E-state index in [1.54, 1.807) is 24.0 Å². The van der Waals surface area contributed by atoms with Crippen LogP contribution in [0, 0.1) is 0 Å². The summed E-state index contributed by atoms with van der Waals surface area (Å²) >= 11 is 0. The van der Waals surface area contributed by atoms with Gasteiger partial charge in [0.05, 0.1) is 5.60 Å². The summed E-state index contributed by atoms with van der Waals surface area (Å²) in [6.45, 7) is 4.86. The number of pyridine rings is 1. The van der Waals surface area contributed by atoms with E-state index in [-0.39, 0.29) is 29.1 Å². The molecule has 2 amide bonds. The zero-order valence-electron chi connectivity index (χ0n) is 16.4. The Morgan fingerprint density at radius 3 is 2.64 bits per heavy atom. The molecule has 3 heterocycles. The molecule has 2 aliphatic heterocycles. The summed E-state index contributed by atoms with van der Waals surface area (Å²) < 4.78 is 0. The Morgan fingerprint density at radius 1 is 1.21 bits per heavy atom. The second-order valence-electron chi connectivity index (χ2n) is 8.05. The minimum absolute atomic E-state index is 0.00497. The van der Waals surface area contributed by atoms with E-state index in [0.29, 0.717) is 32.5 Å². The second-order valence-corrected chi connectivity index (χ2v) is 8.05. The summed E-state index contributed by atoms with van der Waals surface area (Å²) in [7, 11) is 0. The highest BCUT2D eigenvalue weighted by Gasteiger charge is 2.34. The van der Waals surface area contributed by atoms with E-state index in [1.807, 2.05) is 0 Å². The molecule has 8 nitrogen and oxygen atoms in total. The molecule has 28 heavy (non-hydrogen) atoms. The number of β-amino-alcohol motifs (C(OH)–C–C–N with tert-alkyl or cyclic N) is 1. The predicted molar refractivity (Wildman–Crippen MR) is 105 cm³/mol. The lowest BCUT2D eigenvalue weighted by atomic mass is 9.93. The number of hydrogen-bond donors (Lipinski definition) is 3. The van der Waals surface area contributed by atoms with Crippen LogP contribution in [0.3, 0.4) is 0 Å². The third-order valence-corrected chi connectivity index (χ3v) is 5.72. The number of nitrogens with one attached hydrogen (secondary N) is 2. The summed E-state index contributed by atoms with van der Waals surface area (Å²) in [5, 5.41) is 14.1. The van der Waals surface area contributed by atoms with Crippen LogP contribution in [0.1, 0.15) is 49.5 Å². The average Bonchev–Trinajstić information content (AvgIpc) is 2.84. The standard InChI is InChI=1S/C20H30N4O4/c1-15(25)21-16-6-11-23(12-7-16)14-20(28)8-3-10-24(13-9-20)19(27)17-4-2-5-18(26)22-17/h2,4-5,16,28H,3,6-14H2,1H3,(H,21,25)(H,22,26)/t20-/m0/s1. The van der Waals surface area contributed by atoms with Crippen molar-refractivity contribution in [2.24, 2.45) is 0 Å². The van der Waals surface area contributed by atoms with E-state index in [9.17, 15) is 19.5 Å². The molecule has 0 saturated carbocycles. The molecule has 0 radical (unpaired) electrons. The number of aromatic nitrogens is 1. The van der Waals surface area contributed by atoms with E-state index in [4.69, 9.17) is 0 Å². The summed E-state index contributed by atoms with van der Waals surface area (Å²) in [6, 6.07) is 4.79. The highest BCUT2D eigenvalue weighted by Crippen LogP contribution is 2.25. The number of aliphatic hydroxyl groups is 1. The molecule has 8 heteroatoms. The molecule has 2 fully saturated rings. The third-order valence-electron chi connectivity index (χ3n) is 5.72. The van der Waals surface area contributed by atoms with Crippen LogP contribution in [0.5, 0.6) is 0 Å². The maximum atomic E-state index is 12.7. The Bertz CT molecular complexity index is 757. The molecule has 0 spiro atoms. The van der Waals surface area contributed by atoms with Crippen molar-refractivity contribution in [3.05, 3.63) is 34.2 Å². The molecule has 2 saturated heterocycles. The van der Waals surface area contributed by atoms with Gasteiger partial charge >= 0.3 is 0 Å². The van der Waals surface area contributed by atoms with Crippen LogP contribution in [0.15, 0.2) is 23.0 Å². The number of H-pyrrole nitrogens is 1. The Hall–Kier alpha value is -2.19. The Morgan fingerprint density at radius 2 is 1.96 bits per heavy atom. The second kappa shape index (κ2) is 8.87. The molecular weight excluding hydrogens is 360 g/mol. The number of amides is 2. The lowest BCUT2D eigenvalue weighted by molar-refractivity contribution is -0.120. The molecule has 0 aromatic carbocycles. The maximum Gasteiger partial charge on any atom is 0.270 e. The fourth-order valence-electron chi connectivity index (χ4n) is 4.22. The number of piperidine rings is 1. The van der Waals surface area contributed by atoms with Crippen molar-refractivity contribution in [1.29, 1.82) is 0 Å². The van der Waals surface area contributed by atoms with Gasteiger partial charge in [0.25, 0.3) is 5.91 Å². The SMILES string of the molecule is CC(=O)NC1CCN(C[C@]2(O)CCCN(C(=O)c3cccc(=O)[nH]3)CC2)CC1. The van der Waals surface area contributed by atoms with Crippen LogP contribution in [0.25, 0.3) is 0 Å². The lowest BCUT2D eigenvalue weighted by Crippen LogP contribution is -2.50. The summed E-state index contributed by atoms with van der Waals surface area (Å²) in [5.41, 5.74) is -0.821. The summed E-state index contributed by atoms with van der Waals surface area (Å²) in [6.07, 6.45) is 3.67. The number of carbonyl (C=O) groups excluding carboxylic acids is 2. The number of aromatic amines is 1. The van der Waals surface area contributed by atoms with Crippen LogP contribution < -0.4 is 10.9 Å². The normalized spacial score (nSPS) is 24.6. The van der Waals surface area contributed by atoms with Crippen molar-refractivity contribution in [3.63, 3.8) is 0 Å². The summed E-state index contributed by atoms with van der Waals surface area (Å²) in [4.78, 5) is 41.9. The highest BCUT2D eigenvalue weighted by atomic mass is 16.3. The van der Waals surface area contributed by atoms with E-state index in [2.05, 4.69) is 15.2 Å². The third kappa shape index (κ3) is 5.42.